The number of aromatic nitrogens is 2. The fraction of sp³-hybridized carbons (Fsp3) is 0.0333. The van der Waals surface area contributed by atoms with Crippen molar-refractivity contribution in [3.63, 3.8) is 0 Å². The summed E-state index contributed by atoms with van der Waals surface area (Å²) in [5.74, 6) is -0.560. The largest absolute Gasteiger partial charge is 0.333 e. The number of fused-ring (bicyclic) bond motifs is 6. The molecule has 0 radical (unpaired) electrons. The van der Waals surface area contributed by atoms with E-state index in [9.17, 15) is 8.78 Å². The van der Waals surface area contributed by atoms with Crippen LogP contribution < -0.4 is 9.80 Å². The molecule has 0 spiro atoms. The van der Waals surface area contributed by atoms with Crippen LogP contribution in [0.25, 0.3) is 60.4 Å². The summed E-state index contributed by atoms with van der Waals surface area (Å²) in [6, 6.07) is 71.4. The molecule has 6 heteroatoms. The molecule has 1 atom stereocenters. The Balaban J connectivity index is 0.905. The van der Waals surface area contributed by atoms with Crippen LogP contribution in [0.5, 0.6) is 0 Å². The molecule has 316 valence electrons. The third-order valence-electron chi connectivity index (χ3n) is 12.9. The van der Waals surface area contributed by atoms with Gasteiger partial charge in [0.2, 0.25) is 0 Å². The number of allylic oxidation sites excluding steroid dienone is 4. The summed E-state index contributed by atoms with van der Waals surface area (Å²) in [6.07, 6.45) is 9.68. The lowest BCUT2D eigenvalue weighted by atomic mass is 10.0. The third-order valence-corrected chi connectivity index (χ3v) is 12.9. The summed E-state index contributed by atoms with van der Waals surface area (Å²) in [7, 11) is 0. The van der Waals surface area contributed by atoms with Crippen molar-refractivity contribution in [2.45, 2.75) is 12.5 Å². The normalized spacial score (nSPS) is 13.6. The van der Waals surface area contributed by atoms with Gasteiger partial charge in [-0.15, -0.1) is 0 Å². The van der Waals surface area contributed by atoms with Gasteiger partial charge in [0.15, 0.2) is 0 Å². The molecule has 2 aromatic heterocycles. The molecule has 4 nitrogen and oxygen atoms in total. The molecule has 0 fully saturated rings. The Bertz CT molecular complexity index is 3620. The summed E-state index contributed by atoms with van der Waals surface area (Å²) < 4.78 is 33.5. The number of rotatable bonds is 9. The zero-order valence-corrected chi connectivity index (χ0v) is 35.8. The van der Waals surface area contributed by atoms with Crippen molar-refractivity contribution in [1.82, 2.24) is 9.13 Å². The van der Waals surface area contributed by atoms with E-state index >= 15 is 0 Å². The Kier molecular flexibility index (Phi) is 9.64. The fourth-order valence-electron chi connectivity index (χ4n) is 9.88. The predicted molar refractivity (Wildman–Crippen MR) is 270 cm³/mol. The van der Waals surface area contributed by atoms with Crippen molar-refractivity contribution in [1.29, 1.82) is 0 Å². The van der Waals surface area contributed by atoms with Crippen molar-refractivity contribution in [3.05, 3.63) is 248 Å². The first-order valence-electron chi connectivity index (χ1n) is 22.3. The van der Waals surface area contributed by atoms with Gasteiger partial charge >= 0.3 is 0 Å². The van der Waals surface area contributed by atoms with Crippen molar-refractivity contribution in [2.75, 3.05) is 9.80 Å². The first kappa shape index (κ1) is 39.1. The average molecular weight is 857 g/mol. The Morgan fingerprint density at radius 3 is 1.35 bits per heavy atom. The second kappa shape index (κ2) is 16.3. The maximum atomic E-state index is 14.4. The van der Waals surface area contributed by atoms with Gasteiger partial charge in [-0.25, -0.2) is 8.78 Å². The van der Waals surface area contributed by atoms with Crippen LogP contribution in [-0.2, 0) is 0 Å². The molecule has 0 aliphatic heterocycles. The first-order valence-corrected chi connectivity index (χ1v) is 22.3. The van der Waals surface area contributed by atoms with E-state index < -0.39 is 0 Å². The highest BCUT2D eigenvalue weighted by Crippen LogP contribution is 2.43. The second-order valence-electron chi connectivity index (χ2n) is 16.8. The van der Waals surface area contributed by atoms with Crippen LogP contribution in [0.4, 0.5) is 42.9 Å². The summed E-state index contributed by atoms with van der Waals surface area (Å²) in [6.45, 7) is 0. The van der Waals surface area contributed by atoms with Gasteiger partial charge in [0.05, 0.1) is 17.1 Å². The Hall–Kier alpha value is -8.48. The molecule has 0 amide bonds. The van der Waals surface area contributed by atoms with Crippen molar-refractivity contribution in [2.24, 2.45) is 0 Å². The summed E-state index contributed by atoms with van der Waals surface area (Å²) >= 11 is 0. The van der Waals surface area contributed by atoms with Gasteiger partial charge in [0.1, 0.15) is 11.6 Å². The average Bonchev–Trinajstić information content (AvgIpc) is 3.89. The van der Waals surface area contributed by atoms with E-state index in [0.29, 0.717) is 0 Å². The highest BCUT2D eigenvalue weighted by atomic mass is 19.1. The Labute approximate surface area is 381 Å². The molecule has 2 heterocycles. The number of halogens is 2. The van der Waals surface area contributed by atoms with Crippen LogP contribution in [0.1, 0.15) is 12.5 Å². The number of nitrogens with zero attached hydrogens (tertiary/aromatic N) is 4. The highest BCUT2D eigenvalue weighted by molar-refractivity contribution is 6.11. The van der Waals surface area contributed by atoms with E-state index in [-0.39, 0.29) is 17.7 Å². The lowest BCUT2D eigenvalue weighted by molar-refractivity contribution is 0.627. The van der Waals surface area contributed by atoms with Crippen LogP contribution in [0, 0.1) is 11.6 Å². The maximum absolute atomic E-state index is 14.4. The van der Waals surface area contributed by atoms with Gasteiger partial charge in [-0.2, -0.15) is 0 Å². The maximum Gasteiger partial charge on any atom is 0.123 e. The number of hydrogen-bond donors (Lipinski definition) is 0. The molecule has 11 aromatic rings. The van der Waals surface area contributed by atoms with Gasteiger partial charge < -0.3 is 18.9 Å². The van der Waals surface area contributed by atoms with Gasteiger partial charge in [-0.05, 0) is 151 Å². The molecule has 0 N–H and O–H groups in total. The minimum absolute atomic E-state index is 0.229. The topological polar surface area (TPSA) is 16.3 Å². The highest BCUT2D eigenvalue weighted by Gasteiger charge is 2.21. The lowest BCUT2D eigenvalue weighted by Crippen LogP contribution is -2.10. The molecule has 12 rings (SSSR count). The number of anilines is 6. The zero-order valence-electron chi connectivity index (χ0n) is 35.8. The van der Waals surface area contributed by atoms with Crippen molar-refractivity contribution in [3.8, 4) is 16.8 Å². The van der Waals surface area contributed by atoms with Crippen LogP contribution in [0.2, 0.25) is 0 Å². The molecule has 0 saturated heterocycles. The van der Waals surface area contributed by atoms with Gasteiger partial charge in [-0.1, -0.05) is 103 Å². The number of hydrogen-bond acceptors (Lipinski definition) is 2. The number of para-hydroxylation sites is 3. The van der Waals surface area contributed by atoms with E-state index in [4.69, 9.17) is 0 Å². The van der Waals surface area contributed by atoms with Gasteiger partial charge in [0, 0.05) is 72.4 Å². The predicted octanol–water partition coefficient (Wildman–Crippen LogP) is 16.8. The minimum atomic E-state index is -0.282. The standard InChI is InChI=1S/C60H42F2N4/c61-43-23-31-49(32-24-43)63(51-35-37-59-55(39-51)53-15-7-9-17-57(53)65(59)45-11-3-1-4-12-45)47-27-19-41(20-28-47)42-21-29-48(30-22-42)64(50-33-25-44(62)26-34-50)52-36-38-60-56(40-52)54-16-8-10-18-58(54)66(60)46-13-5-2-6-14-46/h1-13,15-40,46H,14H2. The van der Waals surface area contributed by atoms with Gasteiger partial charge in [0.25, 0.3) is 0 Å². The van der Waals surface area contributed by atoms with E-state index in [1.54, 1.807) is 0 Å². The molecule has 1 aliphatic carbocycles. The fourth-order valence-corrected chi connectivity index (χ4v) is 9.88. The molecular weight excluding hydrogens is 815 g/mol. The van der Waals surface area contributed by atoms with Crippen LogP contribution in [0.15, 0.2) is 237 Å². The third kappa shape index (κ3) is 6.82. The van der Waals surface area contributed by atoms with Crippen LogP contribution in [-0.4, -0.2) is 9.13 Å². The SMILES string of the molecule is Fc1ccc(N(c2ccc(-c3ccc(N(c4ccc(F)cc4)c4ccc5c(c4)c4ccccc4n5C4C=CC=CC4)cc3)cc2)c2ccc3c(c2)c2ccccc2n3-c2ccccc2)cc1. The zero-order chi connectivity index (χ0) is 44.1. The van der Waals surface area contributed by atoms with Crippen LogP contribution in [0.3, 0.4) is 0 Å². The molecule has 0 saturated carbocycles. The molecule has 66 heavy (non-hydrogen) atoms. The quantitative estimate of drug-likeness (QED) is 0.144. The molecule has 1 aliphatic rings. The minimum Gasteiger partial charge on any atom is -0.333 e. The van der Waals surface area contributed by atoms with E-state index in [1.807, 2.05) is 30.3 Å². The lowest BCUT2D eigenvalue weighted by Gasteiger charge is -2.26. The van der Waals surface area contributed by atoms with E-state index in [0.717, 1.165) is 79.2 Å². The van der Waals surface area contributed by atoms with Gasteiger partial charge in [-0.3, -0.25) is 0 Å². The van der Waals surface area contributed by atoms with E-state index in [2.05, 4.69) is 201 Å². The van der Waals surface area contributed by atoms with Crippen LogP contribution >= 0.6 is 0 Å². The summed E-state index contributed by atoms with van der Waals surface area (Å²) in [5, 5.41) is 4.66. The van der Waals surface area contributed by atoms with E-state index in [1.165, 1.54) is 46.1 Å². The smallest absolute Gasteiger partial charge is 0.123 e. The monoisotopic (exact) mass is 856 g/mol. The molecule has 0 bridgehead atoms. The Morgan fingerprint density at radius 2 is 0.803 bits per heavy atom. The first-order chi connectivity index (χ1) is 32.6. The summed E-state index contributed by atoms with van der Waals surface area (Å²) in [4.78, 5) is 4.37. The van der Waals surface area contributed by atoms with Crippen molar-refractivity contribution >= 4 is 77.7 Å². The van der Waals surface area contributed by atoms with Crippen molar-refractivity contribution < 1.29 is 8.78 Å². The Morgan fingerprint density at radius 1 is 0.379 bits per heavy atom. The summed E-state index contributed by atoms with van der Waals surface area (Å²) in [5.41, 5.74) is 13.4. The molecule has 1 unspecified atom stereocenters. The molecular formula is C60H42F2N4. The molecule has 9 aromatic carbocycles. The number of benzene rings is 9. The second-order valence-corrected chi connectivity index (χ2v) is 16.8.